The predicted octanol–water partition coefficient (Wildman–Crippen LogP) is 1.75. The second-order valence-electron chi connectivity index (χ2n) is 6.95. The smallest absolute Gasteiger partial charge is 0.334 e. The number of carbonyl (C=O) groups excluding carboxylic acids is 2. The molecule has 2 fully saturated rings. The fourth-order valence-electron chi connectivity index (χ4n) is 4.40. The van der Waals surface area contributed by atoms with Crippen LogP contribution in [0.1, 0.15) is 33.6 Å². The highest BCUT2D eigenvalue weighted by atomic mass is 16.6. The molecular weight excluding hydrogens is 284 g/mol. The lowest BCUT2D eigenvalue weighted by molar-refractivity contribution is -0.152. The first kappa shape index (κ1) is 15.3. The average Bonchev–Trinajstić information content (AvgIpc) is 2.87. The van der Waals surface area contributed by atoms with E-state index >= 15 is 0 Å². The Kier molecular flexibility index (Phi) is 3.44. The molecule has 3 unspecified atom stereocenters. The molecule has 0 amide bonds. The zero-order chi connectivity index (χ0) is 16.2. The first-order valence-electron chi connectivity index (χ1n) is 7.68. The lowest BCUT2D eigenvalue weighted by Crippen LogP contribution is -2.40. The van der Waals surface area contributed by atoms with Crippen molar-refractivity contribution in [1.82, 2.24) is 0 Å². The summed E-state index contributed by atoms with van der Waals surface area (Å²) < 4.78 is 11.0. The maximum absolute atomic E-state index is 12.0. The van der Waals surface area contributed by atoms with Crippen LogP contribution in [-0.2, 0) is 19.1 Å². The van der Waals surface area contributed by atoms with Gasteiger partial charge in [-0.2, -0.15) is 0 Å². The van der Waals surface area contributed by atoms with Crippen LogP contribution in [0.3, 0.4) is 0 Å². The molecule has 6 atom stereocenters. The molecule has 3 aliphatic rings. The van der Waals surface area contributed by atoms with Gasteiger partial charge in [-0.25, -0.2) is 4.79 Å². The second-order valence-corrected chi connectivity index (χ2v) is 6.95. The number of esters is 2. The standard InChI is InChI=1S/C17H22O5/c1-8-5-6-11-13(8)15-14(9(2)16(19)22-15)12(21-10(3)18)7-17(11,4)20/h5,11-15,20H,2,6-7H2,1,3-4H3/t11?,12-,13?,14?,15+,17+/m1/s1. The van der Waals surface area contributed by atoms with Gasteiger partial charge >= 0.3 is 11.9 Å². The van der Waals surface area contributed by atoms with Crippen molar-refractivity contribution in [2.45, 2.75) is 51.4 Å². The predicted molar refractivity (Wildman–Crippen MR) is 78.7 cm³/mol. The molecule has 0 aromatic carbocycles. The van der Waals surface area contributed by atoms with Gasteiger partial charge in [-0.3, -0.25) is 4.79 Å². The van der Waals surface area contributed by atoms with Gasteiger partial charge in [0.2, 0.25) is 0 Å². The minimum Gasteiger partial charge on any atom is -0.462 e. The van der Waals surface area contributed by atoms with E-state index in [0.29, 0.717) is 5.57 Å². The molecule has 1 heterocycles. The van der Waals surface area contributed by atoms with E-state index in [9.17, 15) is 14.7 Å². The van der Waals surface area contributed by atoms with Crippen LogP contribution in [0.15, 0.2) is 23.8 Å². The maximum Gasteiger partial charge on any atom is 0.334 e. The first-order chi connectivity index (χ1) is 10.2. The van der Waals surface area contributed by atoms with E-state index < -0.39 is 29.7 Å². The fraction of sp³-hybridized carbons (Fsp3) is 0.647. The summed E-state index contributed by atoms with van der Waals surface area (Å²) in [6, 6.07) is 0. The number of ether oxygens (including phenoxy) is 2. The number of hydrogen-bond acceptors (Lipinski definition) is 5. The Morgan fingerprint density at radius 1 is 1.50 bits per heavy atom. The van der Waals surface area contributed by atoms with Crippen LogP contribution in [0.25, 0.3) is 0 Å². The van der Waals surface area contributed by atoms with Gasteiger partial charge in [-0.15, -0.1) is 0 Å². The number of fused-ring (bicyclic) bond motifs is 3. The molecule has 2 aliphatic carbocycles. The van der Waals surface area contributed by atoms with Crippen LogP contribution in [0.2, 0.25) is 0 Å². The molecule has 1 N–H and O–H groups in total. The van der Waals surface area contributed by atoms with Gasteiger partial charge in [0.1, 0.15) is 12.2 Å². The van der Waals surface area contributed by atoms with Crippen LogP contribution in [0, 0.1) is 17.8 Å². The molecule has 5 heteroatoms. The zero-order valence-corrected chi connectivity index (χ0v) is 13.2. The zero-order valence-electron chi connectivity index (χ0n) is 13.2. The van der Waals surface area contributed by atoms with Gasteiger partial charge in [0.25, 0.3) is 0 Å². The molecule has 1 aliphatic heterocycles. The lowest BCUT2D eigenvalue weighted by Gasteiger charge is -2.34. The Labute approximate surface area is 130 Å². The molecule has 3 rings (SSSR count). The lowest BCUT2D eigenvalue weighted by atomic mass is 9.76. The van der Waals surface area contributed by atoms with E-state index in [4.69, 9.17) is 9.47 Å². The summed E-state index contributed by atoms with van der Waals surface area (Å²) in [6.45, 7) is 8.95. The maximum atomic E-state index is 12.0. The molecular formula is C17H22O5. The van der Waals surface area contributed by atoms with Crippen molar-refractivity contribution in [1.29, 1.82) is 0 Å². The Bertz CT molecular complexity index is 574. The molecule has 0 aromatic rings. The van der Waals surface area contributed by atoms with E-state index in [1.807, 2.05) is 6.92 Å². The van der Waals surface area contributed by atoms with E-state index in [1.165, 1.54) is 6.92 Å². The summed E-state index contributed by atoms with van der Waals surface area (Å²) in [6.07, 6.45) is 2.12. The Morgan fingerprint density at radius 2 is 2.18 bits per heavy atom. The largest absolute Gasteiger partial charge is 0.462 e. The molecule has 0 spiro atoms. The highest BCUT2D eigenvalue weighted by molar-refractivity contribution is 5.91. The molecule has 0 aromatic heterocycles. The van der Waals surface area contributed by atoms with Crippen molar-refractivity contribution in [3.8, 4) is 0 Å². The third-order valence-corrected chi connectivity index (χ3v) is 5.40. The minimum absolute atomic E-state index is 0.0424. The third kappa shape index (κ3) is 2.19. The van der Waals surface area contributed by atoms with E-state index in [2.05, 4.69) is 12.7 Å². The molecule has 1 saturated carbocycles. The minimum atomic E-state index is -0.990. The molecule has 120 valence electrons. The van der Waals surface area contributed by atoms with Crippen molar-refractivity contribution in [2.24, 2.45) is 17.8 Å². The molecule has 22 heavy (non-hydrogen) atoms. The van der Waals surface area contributed by atoms with Crippen LogP contribution < -0.4 is 0 Å². The van der Waals surface area contributed by atoms with Crippen LogP contribution >= 0.6 is 0 Å². The summed E-state index contributed by atoms with van der Waals surface area (Å²) in [7, 11) is 0. The van der Waals surface area contributed by atoms with Gasteiger partial charge in [0.15, 0.2) is 0 Å². The van der Waals surface area contributed by atoms with Gasteiger partial charge in [-0.1, -0.05) is 18.2 Å². The van der Waals surface area contributed by atoms with Crippen LogP contribution in [0.5, 0.6) is 0 Å². The number of carbonyl (C=O) groups is 2. The highest BCUT2D eigenvalue weighted by Gasteiger charge is 2.58. The van der Waals surface area contributed by atoms with Crippen LogP contribution in [0.4, 0.5) is 0 Å². The van der Waals surface area contributed by atoms with Gasteiger partial charge in [-0.05, 0) is 20.3 Å². The van der Waals surface area contributed by atoms with Crippen molar-refractivity contribution < 1.29 is 24.2 Å². The summed E-state index contributed by atoms with van der Waals surface area (Å²) >= 11 is 0. The van der Waals surface area contributed by atoms with E-state index in [1.54, 1.807) is 6.92 Å². The monoisotopic (exact) mass is 306 g/mol. The Hall–Kier alpha value is -1.62. The summed E-state index contributed by atoms with van der Waals surface area (Å²) in [5.74, 6) is -1.33. The quantitative estimate of drug-likeness (QED) is 0.454. The van der Waals surface area contributed by atoms with Gasteiger partial charge in [0.05, 0.1) is 11.5 Å². The number of aliphatic hydroxyl groups is 1. The molecule has 0 radical (unpaired) electrons. The number of allylic oxidation sites excluding steroid dienone is 1. The Morgan fingerprint density at radius 3 is 2.82 bits per heavy atom. The van der Waals surface area contributed by atoms with E-state index in [0.717, 1.165) is 12.0 Å². The van der Waals surface area contributed by atoms with E-state index in [-0.39, 0.29) is 24.2 Å². The fourth-order valence-corrected chi connectivity index (χ4v) is 4.40. The Balaban J connectivity index is 2.05. The number of rotatable bonds is 1. The topological polar surface area (TPSA) is 72.8 Å². The average molecular weight is 306 g/mol. The van der Waals surface area contributed by atoms with Crippen molar-refractivity contribution in [3.63, 3.8) is 0 Å². The SMILES string of the molecule is C=C1C(=O)O[C@H]2C3C(C)=CCC3[C@@](C)(O)C[C@@H](OC(C)=O)C12. The normalized spacial score (nSPS) is 43.8. The third-order valence-electron chi connectivity index (χ3n) is 5.40. The second kappa shape index (κ2) is 4.95. The van der Waals surface area contributed by atoms with Gasteiger partial charge in [0, 0.05) is 30.8 Å². The molecule has 1 saturated heterocycles. The van der Waals surface area contributed by atoms with Crippen LogP contribution in [-0.4, -0.2) is 34.9 Å². The molecule has 5 nitrogen and oxygen atoms in total. The summed E-state index contributed by atoms with van der Waals surface area (Å²) in [4.78, 5) is 23.4. The van der Waals surface area contributed by atoms with Gasteiger partial charge < -0.3 is 14.6 Å². The first-order valence-corrected chi connectivity index (χ1v) is 7.68. The summed E-state index contributed by atoms with van der Waals surface area (Å²) in [5.41, 5.74) is 0.467. The molecule has 0 bridgehead atoms. The van der Waals surface area contributed by atoms with Crippen molar-refractivity contribution in [2.75, 3.05) is 0 Å². The van der Waals surface area contributed by atoms with Crippen molar-refractivity contribution >= 4 is 11.9 Å². The summed E-state index contributed by atoms with van der Waals surface area (Å²) in [5, 5.41) is 10.9. The van der Waals surface area contributed by atoms with Crippen molar-refractivity contribution in [3.05, 3.63) is 23.8 Å². The highest BCUT2D eigenvalue weighted by Crippen LogP contribution is 2.52. The number of hydrogen-bond donors (Lipinski definition) is 1.